The van der Waals surface area contributed by atoms with E-state index < -0.39 is 5.97 Å². The molecule has 0 saturated heterocycles. The fourth-order valence-corrected chi connectivity index (χ4v) is 1.84. The lowest BCUT2D eigenvalue weighted by atomic mass is 10.0. The molecule has 2 atom stereocenters. The summed E-state index contributed by atoms with van der Waals surface area (Å²) in [6, 6.07) is 0. The van der Waals surface area contributed by atoms with Crippen molar-refractivity contribution >= 4 is 5.97 Å². The van der Waals surface area contributed by atoms with Gasteiger partial charge in [0.25, 0.3) is 0 Å². The lowest BCUT2D eigenvalue weighted by Crippen LogP contribution is -2.34. The smallest absolute Gasteiger partial charge is 0.309 e. The highest BCUT2D eigenvalue weighted by atomic mass is 16.5. The summed E-state index contributed by atoms with van der Waals surface area (Å²) in [6.45, 7) is 6.10. The van der Waals surface area contributed by atoms with E-state index in [1.54, 1.807) is 0 Å². The molecule has 1 aliphatic carbocycles. The fraction of sp³-hybridized carbons (Fsp3) is 0.909. The van der Waals surface area contributed by atoms with Crippen molar-refractivity contribution in [3.05, 3.63) is 0 Å². The summed E-state index contributed by atoms with van der Waals surface area (Å²) >= 11 is 0. The van der Waals surface area contributed by atoms with Gasteiger partial charge in [0.05, 0.1) is 17.6 Å². The average Bonchev–Trinajstić information content (AvgIpc) is 2.51. The summed E-state index contributed by atoms with van der Waals surface area (Å²) in [6.07, 6.45) is 3.46. The third-order valence-corrected chi connectivity index (χ3v) is 3.09. The van der Waals surface area contributed by atoms with Crippen LogP contribution in [0.3, 0.4) is 0 Å². The quantitative estimate of drug-likeness (QED) is 0.758. The minimum Gasteiger partial charge on any atom is -0.481 e. The summed E-state index contributed by atoms with van der Waals surface area (Å²) in [5.74, 6) is -1.000. The summed E-state index contributed by atoms with van der Waals surface area (Å²) in [4.78, 5) is 10.9. The van der Waals surface area contributed by atoms with Crippen LogP contribution in [0.2, 0.25) is 0 Å². The molecule has 3 heteroatoms. The topological polar surface area (TPSA) is 46.5 Å². The standard InChI is InChI=1S/C11H20O3/c1-4-11(2,3)14-9-7-5-6-8(9)10(12)13/h8-9H,4-7H2,1-3H3,(H,12,13). The van der Waals surface area contributed by atoms with E-state index in [2.05, 4.69) is 6.92 Å². The molecule has 0 aliphatic heterocycles. The molecular weight excluding hydrogens is 180 g/mol. The molecule has 1 fully saturated rings. The Balaban J connectivity index is 2.55. The largest absolute Gasteiger partial charge is 0.481 e. The van der Waals surface area contributed by atoms with Crippen molar-refractivity contribution in [3.63, 3.8) is 0 Å². The Morgan fingerprint density at radius 3 is 2.64 bits per heavy atom. The Kier molecular flexibility index (Phi) is 3.53. The van der Waals surface area contributed by atoms with Crippen molar-refractivity contribution < 1.29 is 14.6 Å². The van der Waals surface area contributed by atoms with Gasteiger partial charge in [-0.2, -0.15) is 0 Å². The van der Waals surface area contributed by atoms with E-state index >= 15 is 0 Å². The molecule has 3 nitrogen and oxygen atoms in total. The molecule has 0 spiro atoms. The Hall–Kier alpha value is -0.570. The minimum atomic E-state index is -0.709. The molecule has 0 amide bonds. The maximum Gasteiger partial charge on any atom is 0.309 e. The molecule has 0 aromatic heterocycles. The van der Waals surface area contributed by atoms with Gasteiger partial charge in [-0.05, 0) is 39.5 Å². The Bertz CT molecular complexity index is 211. The van der Waals surface area contributed by atoms with E-state index in [0.717, 1.165) is 25.7 Å². The third kappa shape index (κ3) is 2.71. The van der Waals surface area contributed by atoms with Crippen LogP contribution in [-0.4, -0.2) is 22.8 Å². The summed E-state index contributed by atoms with van der Waals surface area (Å²) < 4.78 is 5.84. The molecule has 82 valence electrons. The van der Waals surface area contributed by atoms with Gasteiger partial charge in [0.15, 0.2) is 0 Å². The first-order chi connectivity index (χ1) is 6.46. The van der Waals surface area contributed by atoms with E-state index in [-0.39, 0.29) is 17.6 Å². The third-order valence-electron chi connectivity index (χ3n) is 3.09. The molecule has 0 bridgehead atoms. The zero-order valence-electron chi connectivity index (χ0n) is 9.25. The van der Waals surface area contributed by atoms with Gasteiger partial charge in [-0.3, -0.25) is 4.79 Å². The minimum absolute atomic E-state index is 0.0811. The zero-order chi connectivity index (χ0) is 10.8. The first-order valence-electron chi connectivity index (χ1n) is 5.37. The van der Waals surface area contributed by atoms with E-state index in [1.807, 2.05) is 13.8 Å². The molecule has 1 saturated carbocycles. The van der Waals surface area contributed by atoms with Crippen LogP contribution in [0.4, 0.5) is 0 Å². The molecule has 1 rings (SSSR count). The fourth-order valence-electron chi connectivity index (χ4n) is 1.84. The van der Waals surface area contributed by atoms with Crippen LogP contribution in [0.1, 0.15) is 46.5 Å². The average molecular weight is 200 g/mol. The maximum atomic E-state index is 10.9. The Morgan fingerprint density at radius 2 is 2.14 bits per heavy atom. The van der Waals surface area contributed by atoms with Gasteiger partial charge in [-0.15, -0.1) is 0 Å². The van der Waals surface area contributed by atoms with Crippen molar-refractivity contribution in [1.29, 1.82) is 0 Å². The van der Waals surface area contributed by atoms with Gasteiger partial charge in [-0.25, -0.2) is 0 Å². The predicted molar refractivity (Wildman–Crippen MR) is 54.2 cm³/mol. The Morgan fingerprint density at radius 1 is 1.50 bits per heavy atom. The molecular formula is C11H20O3. The first kappa shape index (κ1) is 11.5. The van der Waals surface area contributed by atoms with Gasteiger partial charge in [0, 0.05) is 0 Å². The van der Waals surface area contributed by atoms with E-state index in [4.69, 9.17) is 9.84 Å². The van der Waals surface area contributed by atoms with E-state index in [1.165, 1.54) is 0 Å². The normalized spacial score (nSPS) is 27.9. The number of hydrogen-bond donors (Lipinski definition) is 1. The van der Waals surface area contributed by atoms with Gasteiger partial charge in [0.2, 0.25) is 0 Å². The van der Waals surface area contributed by atoms with Crippen molar-refractivity contribution in [2.45, 2.75) is 58.2 Å². The van der Waals surface area contributed by atoms with Crippen molar-refractivity contribution in [3.8, 4) is 0 Å². The van der Waals surface area contributed by atoms with Gasteiger partial charge in [0.1, 0.15) is 0 Å². The lowest BCUT2D eigenvalue weighted by molar-refractivity contribution is -0.151. The molecule has 14 heavy (non-hydrogen) atoms. The second-order valence-corrected chi connectivity index (χ2v) is 4.65. The lowest BCUT2D eigenvalue weighted by Gasteiger charge is -2.29. The number of rotatable bonds is 4. The van der Waals surface area contributed by atoms with Crippen molar-refractivity contribution in [2.75, 3.05) is 0 Å². The maximum absolute atomic E-state index is 10.9. The molecule has 0 radical (unpaired) electrons. The van der Waals surface area contributed by atoms with Gasteiger partial charge in [-0.1, -0.05) is 6.92 Å². The highest BCUT2D eigenvalue weighted by molar-refractivity contribution is 5.71. The van der Waals surface area contributed by atoms with Crippen LogP contribution >= 0.6 is 0 Å². The number of carbonyl (C=O) groups is 1. The molecule has 1 N–H and O–H groups in total. The van der Waals surface area contributed by atoms with Crippen LogP contribution < -0.4 is 0 Å². The monoisotopic (exact) mass is 200 g/mol. The number of aliphatic carboxylic acids is 1. The molecule has 0 aromatic carbocycles. The van der Waals surface area contributed by atoms with Crippen LogP contribution in [0.25, 0.3) is 0 Å². The van der Waals surface area contributed by atoms with Crippen LogP contribution in [-0.2, 0) is 9.53 Å². The highest BCUT2D eigenvalue weighted by Crippen LogP contribution is 2.32. The molecule has 2 unspecified atom stereocenters. The summed E-state index contributed by atoms with van der Waals surface area (Å²) in [5, 5.41) is 8.97. The van der Waals surface area contributed by atoms with Gasteiger partial charge >= 0.3 is 5.97 Å². The number of ether oxygens (including phenoxy) is 1. The van der Waals surface area contributed by atoms with Gasteiger partial charge < -0.3 is 9.84 Å². The van der Waals surface area contributed by atoms with Crippen molar-refractivity contribution in [2.24, 2.45) is 5.92 Å². The van der Waals surface area contributed by atoms with E-state index in [9.17, 15) is 4.79 Å². The summed E-state index contributed by atoms with van der Waals surface area (Å²) in [7, 11) is 0. The first-order valence-corrected chi connectivity index (χ1v) is 5.37. The van der Waals surface area contributed by atoms with Crippen LogP contribution in [0.15, 0.2) is 0 Å². The summed E-state index contributed by atoms with van der Waals surface area (Å²) in [5.41, 5.74) is -0.192. The van der Waals surface area contributed by atoms with Crippen LogP contribution in [0.5, 0.6) is 0 Å². The van der Waals surface area contributed by atoms with Crippen LogP contribution in [0, 0.1) is 5.92 Å². The number of hydrogen-bond acceptors (Lipinski definition) is 2. The highest BCUT2D eigenvalue weighted by Gasteiger charge is 2.36. The second kappa shape index (κ2) is 4.30. The number of carboxylic acid groups (broad SMARTS) is 1. The Labute approximate surface area is 85.5 Å². The molecule has 0 aromatic rings. The molecule has 0 heterocycles. The van der Waals surface area contributed by atoms with E-state index in [0.29, 0.717) is 0 Å². The zero-order valence-corrected chi connectivity index (χ0v) is 9.25. The SMILES string of the molecule is CCC(C)(C)OC1CCCC1C(=O)O. The number of carboxylic acids is 1. The van der Waals surface area contributed by atoms with Crippen molar-refractivity contribution in [1.82, 2.24) is 0 Å². The molecule has 1 aliphatic rings. The second-order valence-electron chi connectivity index (χ2n) is 4.65. The predicted octanol–water partition coefficient (Wildman–Crippen LogP) is 2.44.